The van der Waals surface area contributed by atoms with E-state index in [0.29, 0.717) is 25.2 Å². The highest BCUT2D eigenvalue weighted by Crippen LogP contribution is 2.25. The van der Waals surface area contributed by atoms with E-state index in [2.05, 4.69) is 25.4 Å². The summed E-state index contributed by atoms with van der Waals surface area (Å²) in [6, 6.07) is 7.33. The first-order chi connectivity index (χ1) is 15.0. The summed E-state index contributed by atoms with van der Waals surface area (Å²) in [5, 5.41) is 10.9. The zero-order valence-corrected chi connectivity index (χ0v) is 18.0. The first-order valence-corrected chi connectivity index (χ1v) is 10.6. The summed E-state index contributed by atoms with van der Waals surface area (Å²) in [5.74, 6) is -0.0448. The van der Waals surface area contributed by atoms with E-state index >= 15 is 0 Å². The molecule has 2 aromatic heterocycles. The van der Waals surface area contributed by atoms with Crippen LogP contribution in [0.1, 0.15) is 33.5 Å². The highest BCUT2D eigenvalue weighted by Gasteiger charge is 2.23. The molecule has 3 heterocycles. The molecule has 8 heteroatoms. The third-order valence-electron chi connectivity index (χ3n) is 5.64. The van der Waals surface area contributed by atoms with Crippen molar-refractivity contribution in [1.82, 2.24) is 30.3 Å². The van der Waals surface area contributed by atoms with Gasteiger partial charge in [-0.3, -0.25) is 14.7 Å². The number of benzene rings is 1. The molecule has 0 fully saturated rings. The van der Waals surface area contributed by atoms with Gasteiger partial charge in [-0.1, -0.05) is 12.1 Å². The van der Waals surface area contributed by atoms with Crippen LogP contribution in [0.2, 0.25) is 0 Å². The number of aromatic amines is 1. The predicted octanol–water partition coefficient (Wildman–Crippen LogP) is 1.77. The Bertz CT molecular complexity index is 1090. The average Bonchev–Trinajstić information content (AvgIpc) is 3.25. The molecule has 0 bridgehead atoms. The van der Waals surface area contributed by atoms with Crippen LogP contribution in [0.5, 0.6) is 0 Å². The lowest BCUT2D eigenvalue weighted by atomic mass is 9.98. The molecule has 0 atom stereocenters. The molecule has 162 valence electrons. The van der Waals surface area contributed by atoms with Crippen LogP contribution in [0.4, 0.5) is 0 Å². The van der Waals surface area contributed by atoms with Crippen LogP contribution in [0.3, 0.4) is 0 Å². The third-order valence-corrected chi connectivity index (χ3v) is 5.64. The normalized spacial score (nSPS) is 13.5. The van der Waals surface area contributed by atoms with Gasteiger partial charge < -0.3 is 15.1 Å². The fourth-order valence-corrected chi connectivity index (χ4v) is 3.98. The van der Waals surface area contributed by atoms with E-state index in [9.17, 15) is 9.59 Å². The molecule has 0 saturated carbocycles. The number of aromatic nitrogens is 3. The number of carbonyl (C=O) groups excluding carboxylic acids is 2. The molecule has 2 N–H and O–H groups in total. The van der Waals surface area contributed by atoms with Gasteiger partial charge in [0.15, 0.2) is 5.65 Å². The Morgan fingerprint density at radius 1 is 1.26 bits per heavy atom. The van der Waals surface area contributed by atoms with E-state index in [1.54, 1.807) is 12.3 Å². The minimum absolute atomic E-state index is 0.0569. The van der Waals surface area contributed by atoms with Crippen molar-refractivity contribution in [2.45, 2.75) is 25.8 Å². The summed E-state index contributed by atoms with van der Waals surface area (Å²) in [4.78, 5) is 33.7. The molecule has 0 unspecified atom stereocenters. The standard InChI is InChI=1S/C23H28N6O2/c1-28(2)9-4-8-24-23(31)17-6-3-5-16(11-17)12-21(30)29-10-7-19-18(15-29)13-25-22-20(19)14-26-27-22/h3,5-6,11,13-14H,4,7-10,12,15H2,1-2H3,(H,24,31)(H,25,26,27). The number of fused-ring (bicyclic) bond motifs is 3. The second-order valence-electron chi connectivity index (χ2n) is 8.25. The Labute approximate surface area is 181 Å². The molecular formula is C23H28N6O2. The number of hydrogen-bond acceptors (Lipinski definition) is 5. The van der Waals surface area contributed by atoms with Crippen molar-refractivity contribution in [2.24, 2.45) is 0 Å². The number of hydrogen-bond donors (Lipinski definition) is 2. The van der Waals surface area contributed by atoms with E-state index in [-0.39, 0.29) is 18.2 Å². The van der Waals surface area contributed by atoms with Gasteiger partial charge in [-0.25, -0.2) is 4.98 Å². The van der Waals surface area contributed by atoms with Crippen LogP contribution in [0.15, 0.2) is 36.7 Å². The Morgan fingerprint density at radius 3 is 2.97 bits per heavy atom. The van der Waals surface area contributed by atoms with Gasteiger partial charge in [-0.2, -0.15) is 5.10 Å². The van der Waals surface area contributed by atoms with Crippen LogP contribution in [0, 0.1) is 0 Å². The van der Waals surface area contributed by atoms with Gasteiger partial charge in [0.1, 0.15) is 0 Å². The number of H-pyrrole nitrogens is 1. The molecule has 0 radical (unpaired) electrons. The summed E-state index contributed by atoms with van der Waals surface area (Å²) < 4.78 is 0. The van der Waals surface area contributed by atoms with E-state index < -0.39 is 0 Å². The second-order valence-corrected chi connectivity index (χ2v) is 8.25. The molecular weight excluding hydrogens is 392 g/mol. The van der Waals surface area contributed by atoms with Gasteiger partial charge in [0, 0.05) is 36.8 Å². The van der Waals surface area contributed by atoms with Gasteiger partial charge in [0.2, 0.25) is 5.91 Å². The molecule has 1 aromatic carbocycles. The van der Waals surface area contributed by atoms with Crippen molar-refractivity contribution in [3.05, 3.63) is 58.9 Å². The van der Waals surface area contributed by atoms with Gasteiger partial charge in [0.05, 0.1) is 12.6 Å². The first kappa shape index (κ1) is 21.0. The van der Waals surface area contributed by atoms with E-state index in [0.717, 1.165) is 41.5 Å². The van der Waals surface area contributed by atoms with Crippen LogP contribution < -0.4 is 5.32 Å². The molecule has 1 aliphatic rings. The van der Waals surface area contributed by atoms with Crippen LogP contribution in [-0.2, 0) is 24.2 Å². The Morgan fingerprint density at radius 2 is 2.13 bits per heavy atom. The highest BCUT2D eigenvalue weighted by molar-refractivity contribution is 5.94. The molecule has 1 aliphatic heterocycles. The summed E-state index contributed by atoms with van der Waals surface area (Å²) in [6.07, 6.45) is 5.59. The third kappa shape index (κ3) is 4.91. The highest BCUT2D eigenvalue weighted by atomic mass is 16.2. The Hall–Kier alpha value is -3.26. The SMILES string of the molecule is CN(C)CCCNC(=O)c1cccc(CC(=O)N2CCc3c(cnc4[nH]ncc34)C2)c1. The van der Waals surface area contributed by atoms with Crippen molar-refractivity contribution in [2.75, 3.05) is 33.7 Å². The van der Waals surface area contributed by atoms with Crippen molar-refractivity contribution in [1.29, 1.82) is 0 Å². The van der Waals surface area contributed by atoms with E-state index in [4.69, 9.17) is 0 Å². The quantitative estimate of drug-likeness (QED) is 0.568. The van der Waals surface area contributed by atoms with Gasteiger partial charge in [-0.15, -0.1) is 0 Å². The minimum Gasteiger partial charge on any atom is -0.352 e. The van der Waals surface area contributed by atoms with Crippen molar-refractivity contribution >= 4 is 22.8 Å². The van der Waals surface area contributed by atoms with Crippen molar-refractivity contribution in [3.8, 4) is 0 Å². The lowest BCUT2D eigenvalue weighted by molar-refractivity contribution is -0.131. The monoisotopic (exact) mass is 420 g/mol. The zero-order valence-electron chi connectivity index (χ0n) is 18.0. The lowest BCUT2D eigenvalue weighted by Gasteiger charge is -2.29. The van der Waals surface area contributed by atoms with Gasteiger partial charge in [-0.05, 0) is 62.3 Å². The second kappa shape index (κ2) is 9.26. The van der Waals surface area contributed by atoms with Crippen LogP contribution in [-0.4, -0.2) is 70.5 Å². The number of nitrogens with one attached hydrogen (secondary N) is 2. The maximum absolute atomic E-state index is 12.9. The average molecular weight is 421 g/mol. The fraction of sp³-hybridized carbons (Fsp3) is 0.391. The Kier molecular flexibility index (Phi) is 6.27. The van der Waals surface area contributed by atoms with Crippen LogP contribution >= 0.6 is 0 Å². The predicted molar refractivity (Wildman–Crippen MR) is 119 cm³/mol. The summed E-state index contributed by atoms with van der Waals surface area (Å²) in [6.45, 7) is 2.78. The molecule has 31 heavy (non-hydrogen) atoms. The van der Waals surface area contributed by atoms with Crippen LogP contribution in [0.25, 0.3) is 11.0 Å². The van der Waals surface area contributed by atoms with Crippen molar-refractivity contribution < 1.29 is 9.59 Å². The topological polar surface area (TPSA) is 94.2 Å². The Balaban J connectivity index is 1.36. The summed E-state index contributed by atoms with van der Waals surface area (Å²) >= 11 is 0. The van der Waals surface area contributed by atoms with Gasteiger partial charge >= 0.3 is 0 Å². The number of carbonyl (C=O) groups is 2. The maximum atomic E-state index is 12.9. The number of rotatable bonds is 7. The van der Waals surface area contributed by atoms with Gasteiger partial charge in [0.25, 0.3) is 5.91 Å². The minimum atomic E-state index is -0.102. The fourth-order valence-electron chi connectivity index (χ4n) is 3.98. The molecule has 0 saturated heterocycles. The molecule has 0 aliphatic carbocycles. The van der Waals surface area contributed by atoms with E-state index in [1.807, 2.05) is 43.4 Å². The molecule has 4 rings (SSSR count). The molecule has 3 aromatic rings. The zero-order chi connectivity index (χ0) is 21.8. The molecule has 8 nitrogen and oxygen atoms in total. The van der Waals surface area contributed by atoms with Crippen molar-refractivity contribution in [3.63, 3.8) is 0 Å². The molecule has 0 spiro atoms. The largest absolute Gasteiger partial charge is 0.352 e. The number of pyridine rings is 1. The summed E-state index contributed by atoms with van der Waals surface area (Å²) in [5.41, 5.74) is 4.51. The summed E-state index contributed by atoms with van der Waals surface area (Å²) in [7, 11) is 4.02. The molecule has 2 amide bonds. The smallest absolute Gasteiger partial charge is 0.251 e. The van der Waals surface area contributed by atoms with E-state index in [1.165, 1.54) is 5.56 Å². The maximum Gasteiger partial charge on any atom is 0.251 e. The lowest BCUT2D eigenvalue weighted by Crippen LogP contribution is -2.37. The number of amides is 2. The first-order valence-electron chi connectivity index (χ1n) is 10.6. The number of nitrogens with zero attached hydrogens (tertiary/aromatic N) is 4.